The highest BCUT2D eigenvalue weighted by molar-refractivity contribution is 5.98. The molecule has 0 saturated heterocycles. The van der Waals surface area contributed by atoms with Crippen molar-refractivity contribution in [2.45, 2.75) is 19.4 Å². The fourth-order valence-electron chi connectivity index (χ4n) is 2.83. The summed E-state index contributed by atoms with van der Waals surface area (Å²) in [6, 6.07) is 17.0. The van der Waals surface area contributed by atoms with E-state index in [2.05, 4.69) is 20.4 Å². The molecule has 1 amide bonds. The Hall–Kier alpha value is -3.41. The normalized spacial score (nSPS) is 12.2. The van der Waals surface area contributed by atoms with Crippen molar-refractivity contribution < 1.29 is 9.32 Å². The molecular weight excluding hydrogens is 328 g/mol. The fraction of sp³-hybridized carbons (Fsp3) is 0.150. The summed E-state index contributed by atoms with van der Waals surface area (Å²) < 4.78 is 5.31. The molecular formula is C20H18N4O2. The molecule has 6 heteroatoms. The molecule has 4 rings (SSSR count). The van der Waals surface area contributed by atoms with Gasteiger partial charge in [-0.25, -0.2) is 0 Å². The van der Waals surface area contributed by atoms with Gasteiger partial charge in [-0.05, 0) is 36.8 Å². The van der Waals surface area contributed by atoms with Crippen molar-refractivity contribution >= 4 is 16.8 Å². The van der Waals surface area contributed by atoms with Gasteiger partial charge in [-0.3, -0.25) is 4.79 Å². The molecule has 2 aromatic carbocycles. The first-order chi connectivity index (χ1) is 12.7. The zero-order chi connectivity index (χ0) is 17.9. The Morgan fingerprint density at radius 1 is 1.19 bits per heavy atom. The van der Waals surface area contributed by atoms with Crippen LogP contribution in [0.4, 0.5) is 0 Å². The van der Waals surface area contributed by atoms with E-state index in [1.165, 1.54) is 0 Å². The van der Waals surface area contributed by atoms with Crippen LogP contribution in [0.2, 0.25) is 0 Å². The number of carbonyl (C=O) groups excluding carboxylic acids is 1. The molecule has 2 N–H and O–H groups in total. The highest BCUT2D eigenvalue weighted by Gasteiger charge is 2.17. The van der Waals surface area contributed by atoms with E-state index in [0.717, 1.165) is 16.5 Å². The summed E-state index contributed by atoms with van der Waals surface area (Å²) in [5.74, 6) is 0.822. The first-order valence-electron chi connectivity index (χ1n) is 8.43. The van der Waals surface area contributed by atoms with Gasteiger partial charge < -0.3 is 14.8 Å². The Morgan fingerprint density at radius 3 is 2.88 bits per heavy atom. The van der Waals surface area contributed by atoms with E-state index in [-0.39, 0.29) is 11.9 Å². The third-order valence-electron chi connectivity index (χ3n) is 4.23. The summed E-state index contributed by atoms with van der Waals surface area (Å²) in [6.45, 7) is 1.84. The summed E-state index contributed by atoms with van der Waals surface area (Å²) in [7, 11) is 0. The maximum atomic E-state index is 12.5. The van der Waals surface area contributed by atoms with Gasteiger partial charge in [-0.1, -0.05) is 35.5 Å². The van der Waals surface area contributed by atoms with E-state index in [9.17, 15) is 4.79 Å². The molecule has 2 heterocycles. The number of hydrogen-bond acceptors (Lipinski definition) is 4. The molecule has 0 aliphatic heterocycles. The maximum Gasteiger partial charge on any atom is 0.251 e. The van der Waals surface area contributed by atoms with Crippen LogP contribution in [0.1, 0.15) is 40.6 Å². The lowest BCUT2D eigenvalue weighted by Gasteiger charge is -2.10. The molecule has 4 aromatic rings. The molecule has 0 spiro atoms. The Kier molecular flexibility index (Phi) is 4.23. The van der Waals surface area contributed by atoms with Crippen LogP contribution in [0.5, 0.6) is 0 Å². The zero-order valence-corrected chi connectivity index (χ0v) is 14.3. The SMILES string of the molecule is C[C@@H](NC(=O)c1ccc2[nH]ccc2c1)c1noc(Cc2ccccc2)n1. The predicted molar refractivity (Wildman–Crippen MR) is 97.7 cm³/mol. The van der Waals surface area contributed by atoms with Crippen LogP contribution in [0, 0.1) is 0 Å². The van der Waals surface area contributed by atoms with Crippen molar-refractivity contribution in [1.29, 1.82) is 0 Å². The minimum Gasteiger partial charge on any atom is -0.361 e. The van der Waals surface area contributed by atoms with E-state index >= 15 is 0 Å². The Labute approximate surface area is 150 Å². The van der Waals surface area contributed by atoms with Crippen molar-refractivity contribution in [3.63, 3.8) is 0 Å². The van der Waals surface area contributed by atoms with E-state index in [1.807, 2.05) is 61.7 Å². The van der Waals surface area contributed by atoms with E-state index in [4.69, 9.17) is 4.52 Å². The Balaban J connectivity index is 1.44. The number of nitrogens with one attached hydrogen (secondary N) is 2. The van der Waals surface area contributed by atoms with Crippen LogP contribution in [-0.2, 0) is 6.42 Å². The first kappa shape index (κ1) is 16.1. The van der Waals surface area contributed by atoms with Gasteiger partial charge in [0.1, 0.15) is 0 Å². The number of hydrogen-bond donors (Lipinski definition) is 2. The van der Waals surface area contributed by atoms with Crippen LogP contribution in [0.25, 0.3) is 10.9 Å². The molecule has 0 fully saturated rings. The van der Waals surface area contributed by atoms with E-state index < -0.39 is 0 Å². The molecule has 130 valence electrons. The van der Waals surface area contributed by atoms with Crippen LogP contribution < -0.4 is 5.32 Å². The summed E-state index contributed by atoms with van der Waals surface area (Å²) in [5, 5.41) is 7.90. The van der Waals surface area contributed by atoms with Gasteiger partial charge in [0.25, 0.3) is 5.91 Å². The van der Waals surface area contributed by atoms with Crippen molar-refractivity contribution in [2.75, 3.05) is 0 Å². The van der Waals surface area contributed by atoms with Crippen LogP contribution in [-0.4, -0.2) is 21.0 Å². The topological polar surface area (TPSA) is 83.8 Å². The van der Waals surface area contributed by atoms with Crippen molar-refractivity contribution in [3.05, 3.63) is 83.6 Å². The number of fused-ring (bicyclic) bond motifs is 1. The molecule has 0 unspecified atom stereocenters. The average Bonchev–Trinajstić information content (AvgIpc) is 3.31. The van der Waals surface area contributed by atoms with Crippen molar-refractivity contribution in [3.8, 4) is 0 Å². The van der Waals surface area contributed by atoms with Crippen LogP contribution in [0.15, 0.2) is 65.3 Å². The number of benzene rings is 2. The first-order valence-corrected chi connectivity index (χ1v) is 8.43. The van der Waals surface area contributed by atoms with Crippen molar-refractivity contribution in [2.24, 2.45) is 0 Å². The summed E-state index contributed by atoms with van der Waals surface area (Å²) in [4.78, 5) is 20.0. The number of aromatic amines is 1. The second-order valence-corrected chi connectivity index (χ2v) is 6.18. The lowest BCUT2D eigenvalue weighted by molar-refractivity contribution is 0.0938. The van der Waals surface area contributed by atoms with Gasteiger partial charge >= 0.3 is 0 Å². The lowest BCUT2D eigenvalue weighted by atomic mass is 10.1. The third kappa shape index (κ3) is 3.35. The molecule has 2 aromatic heterocycles. The predicted octanol–water partition coefficient (Wildman–Crippen LogP) is 3.63. The van der Waals surface area contributed by atoms with Gasteiger partial charge in [-0.2, -0.15) is 4.98 Å². The summed E-state index contributed by atoms with van der Waals surface area (Å²) >= 11 is 0. The van der Waals surface area contributed by atoms with Gasteiger partial charge in [0, 0.05) is 22.7 Å². The minimum absolute atomic E-state index is 0.171. The molecule has 0 radical (unpaired) electrons. The molecule has 6 nitrogen and oxygen atoms in total. The Bertz CT molecular complexity index is 1040. The van der Waals surface area contributed by atoms with Crippen molar-refractivity contribution in [1.82, 2.24) is 20.4 Å². The van der Waals surface area contributed by atoms with Gasteiger partial charge in [0.2, 0.25) is 5.89 Å². The number of carbonyl (C=O) groups is 1. The maximum absolute atomic E-state index is 12.5. The highest BCUT2D eigenvalue weighted by atomic mass is 16.5. The molecule has 1 atom stereocenters. The average molecular weight is 346 g/mol. The molecule has 0 saturated carbocycles. The lowest BCUT2D eigenvalue weighted by Crippen LogP contribution is -2.27. The molecule has 0 bridgehead atoms. The largest absolute Gasteiger partial charge is 0.361 e. The summed E-state index contributed by atoms with van der Waals surface area (Å²) in [5.41, 5.74) is 2.69. The van der Waals surface area contributed by atoms with Crippen LogP contribution >= 0.6 is 0 Å². The standard InChI is InChI=1S/C20H18N4O2/c1-13(19-23-18(26-24-19)11-14-5-3-2-4-6-14)22-20(25)16-7-8-17-15(12-16)9-10-21-17/h2-10,12-13,21H,11H2,1H3,(H,22,25)/t13-/m1/s1. The molecule has 0 aliphatic carbocycles. The number of aromatic nitrogens is 3. The van der Waals surface area contributed by atoms with Crippen LogP contribution in [0.3, 0.4) is 0 Å². The molecule has 0 aliphatic rings. The summed E-state index contributed by atoms with van der Waals surface area (Å²) in [6.07, 6.45) is 2.42. The monoisotopic (exact) mass is 346 g/mol. The minimum atomic E-state index is -0.349. The second-order valence-electron chi connectivity index (χ2n) is 6.18. The van der Waals surface area contributed by atoms with E-state index in [1.54, 1.807) is 6.07 Å². The Morgan fingerprint density at radius 2 is 2.04 bits per heavy atom. The van der Waals surface area contributed by atoms with E-state index in [0.29, 0.717) is 23.7 Å². The quantitative estimate of drug-likeness (QED) is 0.578. The van der Waals surface area contributed by atoms with Gasteiger partial charge in [-0.15, -0.1) is 0 Å². The zero-order valence-electron chi connectivity index (χ0n) is 14.3. The smallest absolute Gasteiger partial charge is 0.251 e. The number of nitrogens with zero attached hydrogens (tertiary/aromatic N) is 2. The fourth-order valence-corrected chi connectivity index (χ4v) is 2.83. The van der Waals surface area contributed by atoms with Gasteiger partial charge in [0.15, 0.2) is 5.82 Å². The number of rotatable bonds is 5. The van der Waals surface area contributed by atoms with Gasteiger partial charge in [0.05, 0.1) is 12.5 Å². The molecule has 26 heavy (non-hydrogen) atoms. The number of amides is 1. The highest BCUT2D eigenvalue weighted by Crippen LogP contribution is 2.16. The second kappa shape index (κ2) is 6.84. The number of H-pyrrole nitrogens is 1. The third-order valence-corrected chi connectivity index (χ3v) is 4.23.